The fourth-order valence-electron chi connectivity index (χ4n) is 0.166. The van der Waals surface area contributed by atoms with Crippen molar-refractivity contribution in [3.8, 4) is 0 Å². The van der Waals surface area contributed by atoms with E-state index < -0.39 is 0 Å². The van der Waals surface area contributed by atoms with Crippen LogP contribution in [0.1, 0.15) is 0 Å². The van der Waals surface area contributed by atoms with E-state index in [0.717, 1.165) is 0 Å². The Hall–Kier alpha value is -0.740. The van der Waals surface area contributed by atoms with Crippen LogP contribution in [0.2, 0.25) is 0 Å². The number of hydrogen-bond acceptors (Lipinski definition) is 4. The van der Waals surface area contributed by atoms with Gasteiger partial charge in [0.05, 0.1) is 0 Å². The molecule has 7 heavy (non-hydrogen) atoms. The summed E-state index contributed by atoms with van der Waals surface area (Å²) in [6.45, 7) is 0.337. The smallest absolute Gasteiger partial charge is 0.0393 e. The van der Waals surface area contributed by atoms with E-state index >= 15 is 0 Å². The highest BCUT2D eigenvalue weighted by Crippen LogP contribution is 1.68. The molecule has 0 aliphatic rings. The van der Waals surface area contributed by atoms with Crippen molar-refractivity contribution in [2.45, 2.75) is 0 Å². The Morgan fingerprint density at radius 3 is 2.43 bits per heavy atom. The van der Waals surface area contributed by atoms with Crippen LogP contribution in [-0.4, -0.2) is 6.54 Å². The van der Waals surface area contributed by atoms with Crippen molar-refractivity contribution in [3.05, 3.63) is 11.9 Å². The molecule has 0 aromatic carbocycles. The van der Waals surface area contributed by atoms with Gasteiger partial charge in [0.15, 0.2) is 0 Å². The summed E-state index contributed by atoms with van der Waals surface area (Å²) >= 11 is 0. The molecule has 0 aliphatic heterocycles. The van der Waals surface area contributed by atoms with Crippen molar-refractivity contribution in [1.82, 2.24) is 5.43 Å². The minimum atomic E-state index is 0.337. The van der Waals surface area contributed by atoms with Crippen LogP contribution in [0.5, 0.6) is 0 Å². The topological polar surface area (TPSA) is 90.1 Å². The first-order valence-corrected chi connectivity index (χ1v) is 1.92. The molecule has 7 N–H and O–H groups in total. The Morgan fingerprint density at radius 2 is 2.29 bits per heavy atom. The van der Waals surface area contributed by atoms with Gasteiger partial charge in [-0.15, -0.1) is 0 Å². The molecule has 0 spiro atoms. The molecule has 0 rings (SSSR count). The van der Waals surface area contributed by atoms with Gasteiger partial charge in [-0.2, -0.15) is 0 Å². The highest BCUT2D eigenvalue weighted by atomic mass is 15.2. The molecule has 0 fully saturated rings. The van der Waals surface area contributed by atoms with Crippen LogP contribution in [0.3, 0.4) is 0 Å². The van der Waals surface area contributed by atoms with E-state index in [1.54, 1.807) is 0 Å². The average Bonchev–Trinajstić information content (AvgIpc) is 1.68. The van der Waals surface area contributed by atoms with Gasteiger partial charge in [0.25, 0.3) is 0 Å². The molecule has 42 valence electrons. The zero-order chi connectivity index (χ0) is 5.70. The normalized spacial score (nSPS) is 11.4. The second kappa shape index (κ2) is 3.45. The summed E-state index contributed by atoms with van der Waals surface area (Å²) in [6.07, 6.45) is 1.44. The Balaban J connectivity index is 3.29. The van der Waals surface area contributed by atoms with Gasteiger partial charge in [-0.25, -0.2) is 0 Å². The number of nitrogens with two attached hydrogens (primary N) is 3. The van der Waals surface area contributed by atoms with Crippen LogP contribution in [0, 0.1) is 0 Å². The number of hydrogen-bond donors (Lipinski definition) is 4. The predicted molar refractivity (Wildman–Crippen MR) is 28.6 cm³/mol. The zero-order valence-corrected chi connectivity index (χ0v) is 4.02. The summed E-state index contributed by atoms with van der Waals surface area (Å²) in [7, 11) is 0. The summed E-state index contributed by atoms with van der Waals surface area (Å²) < 4.78 is 0. The zero-order valence-electron chi connectivity index (χ0n) is 4.02. The van der Waals surface area contributed by atoms with Crippen LogP contribution >= 0.6 is 0 Å². The van der Waals surface area contributed by atoms with Gasteiger partial charge >= 0.3 is 0 Å². The highest BCUT2D eigenvalue weighted by Gasteiger charge is 1.76. The first kappa shape index (κ1) is 6.26. The molecule has 4 heteroatoms. The number of nitrogens with one attached hydrogen (secondary N) is 1. The lowest BCUT2D eigenvalue weighted by Gasteiger charge is -1.91. The van der Waals surface area contributed by atoms with Gasteiger partial charge in [-0.3, -0.25) is 5.84 Å². The number of hydrazine groups is 1. The van der Waals surface area contributed by atoms with Gasteiger partial charge in [-0.1, -0.05) is 0 Å². The molecule has 0 aromatic heterocycles. The molecule has 0 heterocycles. The van der Waals surface area contributed by atoms with Crippen molar-refractivity contribution < 1.29 is 0 Å². The lowest BCUT2D eigenvalue weighted by atomic mass is 10.5. The summed E-state index contributed by atoms with van der Waals surface area (Å²) in [5.41, 5.74) is 13.0. The predicted octanol–water partition coefficient (Wildman–Crippen LogP) is -1.79. The molecule has 0 unspecified atom stereocenters. The van der Waals surface area contributed by atoms with Gasteiger partial charge in [0, 0.05) is 18.4 Å². The lowest BCUT2D eigenvalue weighted by molar-refractivity contribution is 0.930. The first-order chi connectivity index (χ1) is 3.31. The maximum atomic E-state index is 5.18. The molecule has 0 saturated heterocycles. The second-order valence-electron chi connectivity index (χ2n) is 1.09. The minimum absolute atomic E-state index is 0.337. The van der Waals surface area contributed by atoms with Gasteiger partial charge in [-0.05, 0) is 0 Å². The van der Waals surface area contributed by atoms with E-state index in [1.165, 1.54) is 6.20 Å². The fourth-order valence-corrected chi connectivity index (χ4v) is 0.166. The summed E-state index contributed by atoms with van der Waals surface area (Å²) in [4.78, 5) is 0. The summed E-state index contributed by atoms with van der Waals surface area (Å²) in [5, 5.41) is 0. The van der Waals surface area contributed by atoms with Crippen molar-refractivity contribution in [3.63, 3.8) is 0 Å². The SMILES string of the molecule is NC/C(N)=C/NN. The van der Waals surface area contributed by atoms with Crippen molar-refractivity contribution in [1.29, 1.82) is 0 Å². The van der Waals surface area contributed by atoms with Gasteiger partial charge in [0.1, 0.15) is 0 Å². The molecular formula is C3H10N4. The maximum absolute atomic E-state index is 5.18. The van der Waals surface area contributed by atoms with E-state index in [1.807, 2.05) is 0 Å². The van der Waals surface area contributed by atoms with E-state index in [-0.39, 0.29) is 0 Å². The lowest BCUT2D eigenvalue weighted by Crippen LogP contribution is -2.20. The van der Waals surface area contributed by atoms with Crippen LogP contribution in [0.25, 0.3) is 0 Å². The third-order valence-corrected chi connectivity index (χ3v) is 0.504. The molecule has 0 amide bonds. The highest BCUT2D eigenvalue weighted by molar-refractivity contribution is 4.94. The largest absolute Gasteiger partial charge is 0.400 e. The Bertz CT molecular complexity index is 67.3. The standard InChI is InChI=1S/C3H10N4/c4-1-3(5)2-7-6/h2,7H,1,4-6H2/b3-2-. The average molecular weight is 102 g/mol. The second-order valence-corrected chi connectivity index (χ2v) is 1.09. The minimum Gasteiger partial charge on any atom is -0.400 e. The molecular weight excluding hydrogens is 92.1 g/mol. The maximum Gasteiger partial charge on any atom is 0.0393 e. The van der Waals surface area contributed by atoms with Crippen LogP contribution < -0.4 is 22.7 Å². The quantitative estimate of drug-likeness (QED) is 0.245. The molecule has 0 saturated carbocycles. The Labute approximate surface area is 42.3 Å². The van der Waals surface area contributed by atoms with Gasteiger partial charge < -0.3 is 16.9 Å². The molecule has 0 aliphatic carbocycles. The Morgan fingerprint density at radius 1 is 1.71 bits per heavy atom. The third kappa shape index (κ3) is 3.08. The fraction of sp³-hybridized carbons (Fsp3) is 0.333. The Kier molecular flexibility index (Phi) is 3.09. The van der Waals surface area contributed by atoms with E-state index in [2.05, 4.69) is 5.43 Å². The molecule has 0 radical (unpaired) electrons. The van der Waals surface area contributed by atoms with Crippen LogP contribution in [0.15, 0.2) is 11.9 Å². The molecule has 4 nitrogen and oxygen atoms in total. The molecule has 0 atom stereocenters. The third-order valence-electron chi connectivity index (χ3n) is 0.504. The summed E-state index contributed by atoms with van der Waals surface area (Å²) in [6, 6.07) is 0. The van der Waals surface area contributed by atoms with Crippen molar-refractivity contribution in [2.24, 2.45) is 17.3 Å². The van der Waals surface area contributed by atoms with E-state index in [4.69, 9.17) is 17.3 Å². The monoisotopic (exact) mass is 102 g/mol. The van der Waals surface area contributed by atoms with Crippen LogP contribution in [0.4, 0.5) is 0 Å². The van der Waals surface area contributed by atoms with E-state index in [9.17, 15) is 0 Å². The molecule has 0 bridgehead atoms. The van der Waals surface area contributed by atoms with Crippen molar-refractivity contribution >= 4 is 0 Å². The van der Waals surface area contributed by atoms with Crippen molar-refractivity contribution in [2.75, 3.05) is 6.54 Å². The first-order valence-electron chi connectivity index (χ1n) is 1.92. The van der Waals surface area contributed by atoms with Gasteiger partial charge in [0.2, 0.25) is 0 Å². The molecule has 0 aromatic rings. The van der Waals surface area contributed by atoms with Crippen LogP contribution in [-0.2, 0) is 0 Å². The number of rotatable bonds is 2. The summed E-state index contributed by atoms with van der Waals surface area (Å²) in [5.74, 6) is 4.84. The van der Waals surface area contributed by atoms with E-state index in [0.29, 0.717) is 12.2 Å².